The van der Waals surface area contributed by atoms with E-state index in [1.165, 1.54) is 0 Å². The SMILES string of the molecule is C=CC.C=CC.CCCCC(O)CO.NC(CO)(CO)CO.OCC(O)CO.OCCO. The molecule has 200 valence electrons. The topological polar surface area (TPSA) is 228 Å². The molecule has 0 spiro atoms. The molecule has 0 aliphatic rings. The van der Waals surface area contributed by atoms with Gasteiger partial charge in [0.25, 0.3) is 0 Å². The molecule has 0 aliphatic heterocycles. The van der Waals surface area contributed by atoms with E-state index in [0.717, 1.165) is 19.3 Å². The van der Waals surface area contributed by atoms with Crippen molar-refractivity contribution in [2.75, 3.05) is 52.9 Å². The lowest BCUT2D eigenvalue weighted by molar-refractivity contribution is 0.0450. The number of rotatable bonds is 10. The lowest BCUT2D eigenvalue weighted by atomic mass is 10.1. The molecule has 0 saturated heterocycles. The first-order valence-electron chi connectivity index (χ1n) is 10.2. The Kier molecular flexibility index (Phi) is 61.2. The van der Waals surface area contributed by atoms with Crippen LogP contribution in [0.1, 0.15) is 40.0 Å². The van der Waals surface area contributed by atoms with Crippen LogP contribution in [0, 0.1) is 0 Å². The molecule has 32 heavy (non-hydrogen) atoms. The Morgan fingerprint density at radius 3 is 1.09 bits per heavy atom. The molecule has 0 radical (unpaired) electrons. The third-order valence-electron chi connectivity index (χ3n) is 2.57. The molecule has 0 aromatic carbocycles. The molecular formula is C21H51NO10. The second kappa shape index (κ2) is 43.8. The van der Waals surface area contributed by atoms with Gasteiger partial charge in [-0.3, -0.25) is 0 Å². The quantitative estimate of drug-likeness (QED) is 0.152. The third kappa shape index (κ3) is 63.0. The predicted octanol–water partition coefficient (Wildman–Crippen LogP) is -2.12. The minimum absolute atomic E-state index is 0.0972. The molecule has 0 amide bonds. The number of hydrogen-bond acceptors (Lipinski definition) is 11. The molecule has 0 aromatic rings. The van der Waals surface area contributed by atoms with Crippen LogP contribution >= 0.6 is 0 Å². The maximum Gasteiger partial charge on any atom is 0.100 e. The van der Waals surface area contributed by atoms with Crippen LogP contribution in [-0.4, -0.2) is 122 Å². The summed E-state index contributed by atoms with van der Waals surface area (Å²) in [6.07, 6.45) is 4.87. The second-order valence-electron chi connectivity index (χ2n) is 6.10. The summed E-state index contributed by atoms with van der Waals surface area (Å²) in [6.45, 7) is 10.3. The van der Waals surface area contributed by atoms with E-state index in [1.807, 2.05) is 13.8 Å². The molecule has 0 bridgehead atoms. The Balaban J connectivity index is -0.0000000663. The van der Waals surface area contributed by atoms with Crippen LogP contribution in [0.3, 0.4) is 0 Å². The van der Waals surface area contributed by atoms with Crippen LogP contribution in [0.2, 0.25) is 0 Å². The third-order valence-corrected chi connectivity index (χ3v) is 2.57. The molecule has 0 saturated carbocycles. The number of allylic oxidation sites excluding steroid dienone is 2. The molecular weight excluding hydrogens is 426 g/mol. The Bertz CT molecular complexity index is 286. The summed E-state index contributed by atoms with van der Waals surface area (Å²) in [7, 11) is 0. The van der Waals surface area contributed by atoms with E-state index in [0.29, 0.717) is 0 Å². The van der Waals surface area contributed by atoms with Crippen molar-refractivity contribution in [3.63, 3.8) is 0 Å². The fraction of sp³-hybridized carbons (Fsp3) is 0.810. The van der Waals surface area contributed by atoms with Crippen molar-refractivity contribution in [1.82, 2.24) is 0 Å². The molecule has 12 N–H and O–H groups in total. The summed E-state index contributed by atoms with van der Waals surface area (Å²) >= 11 is 0. The largest absolute Gasteiger partial charge is 0.394 e. The van der Waals surface area contributed by atoms with Crippen LogP contribution in [0.25, 0.3) is 0 Å². The van der Waals surface area contributed by atoms with E-state index in [4.69, 9.17) is 56.8 Å². The molecule has 1 atom stereocenters. The van der Waals surface area contributed by atoms with Gasteiger partial charge in [-0.2, -0.15) is 0 Å². The van der Waals surface area contributed by atoms with E-state index < -0.39 is 37.6 Å². The van der Waals surface area contributed by atoms with Gasteiger partial charge in [-0.1, -0.05) is 31.9 Å². The average molecular weight is 478 g/mol. The Hall–Kier alpha value is -0.960. The van der Waals surface area contributed by atoms with Gasteiger partial charge in [0.1, 0.15) is 6.10 Å². The Labute approximate surface area is 193 Å². The van der Waals surface area contributed by atoms with Crippen LogP contribution in [0.5, 0.6) is 0 Å². The first-order chi connectivity index (χ1) is 15.0. The molecule has 0 heterocycles. The first-order valence-corrected chi connectivity index (χ1v) is 10.2. The zero-order chi connectivity index (χ0) is 26.8. The average Bonchev–Trinajstić information content (AvgIpc) is 2.83. The van der Waals surface area contributed by atoms with Crippen LogP contribution in [-0.2, 0) is 0 Å². The van der Waals surface area contributed by atoms with Gasteiger partial charge in [0.15, 0.2) is 0 Å². The van der Waals surface area contributed by atoms with Crippen LogP contribution < -0.4 is 5.73 Å². The first kappa shape index (κ1) is 44.7. The monoisotopic (exact) mass is 477 g/mol. The number of aliphatic hydroxyl groups excluding tert-OH is 10. The Morgan fingerprint density at radius 1 is 0.719 bits per heavy atom. The van der Waals surface area contributed by atoms with E-state index in [9.17, 15) is 0 Å². The summed E-state index contributed by atoms with van der Waals surface area (Å²) in [5, 5.41) is 81.3. The number of nitrogens with two attached hydrogens (primary N) is 1. The highest BCUT2D eigenvalue weighted by Gasteiger charge is 2.20. The molecule has 0 rings (SSSR count). The van der Waals surface area contributed by atoms with Gasteiger partial charge in [0.2, 0.25) is 0 Å². The Morgan fingerprint density at radius 2 is 1.00 bits per heavy atom. The van der Waals surface area contributed by atoms with Crippen molar-refractivity contribution in [2.24, 2.45) is 5.73 Å². The van der Waals surface area contributed by atoms with Crippen molar-refractivity contribution < 1.29 is 51.1 Å². The molecule has 11 heteroatoms. The molecule has 11 nitrogen and oxygen atoms in total. The van der Waals surface area contributed by atoms with Gasteiger partial charge >= 0.3 is 0 Å². The number of aliphatic hydroxyl groups is 10. The lowest BCUT2D eigenvalue weighted by Crippen LogP contribution is -2.50. The second-order valence-corrected chi connectivity index (χ2v) is 6.10. The lowest BCUT2D eigenvalue weighted by Gasteiger charge is -2.20. The standard InChI is InChI=1S/C6H14O2.C4H11NO3.C3H8O3.2C3H6.C2H6O2/c1-2-3-4-6(8)5-7;5-4(1-6,2-7)3-8;4-1-3(6)2-5;2*1-3-2;3-1-2-4/h6-8H,2-5H2,1H3;6-8H,1-3,5H2;3-6H,1-2H2;2*3H,1H2,2H3;3-4H,1-2H2. The molecule has 0 aliphatic carbocycles. The van der Waals surface area contributed by atoms with Gasteiger partial charge in [0, 0.05) is 0 Å². The van der Waals surface area contributed by atoms with Gasteiger partial charge in [-0.05, 0) is 20.3 Å². The predicted molar refractivity (Wildman–Crippen MR) is 127 cm³/mol. The van der Waals surface area contributed by atoms with Gasteiger partial charge in [0.05, 0.1) is 64.5 Å². The van der Waals surface area contributed by atoms with E-state index in [-0.39, 0.29) is 33.0 Å². The van der Waals surface area contributed by atoms with Crippen LogP contribution in [0.15, 0.2) is 25.3 Å². The van der Waals surface area contributed by atoms with Gasteiger partial charge < -0.3 is 56.8 Å². The summed E-state index contributed by atoms with van der Waals surface area (Å²) in [5.74, 6) is 0. The highest BCUT2D eigenvalue weighted by Crippen LogP contribution is 1.97. The highest BCUT2D eigenvalue weighted by molar-refractivity contribution is 4.80. The highest BCUT2D eigenvalue weighted by atomic mass is 16.3. The molecule has 1 unspecified atom stereocenters. The maximum atomic E-state index is 8.74. The minimum Gasteiger partial charge on any atom is -0.394 e. The smallest absolute Gasteiger partial charge is 0.100 e. The van der Waals surface area contributed by atoms with Crippen molar-refractivity contribution in [1.29, 1.82) is 0 Å². The van der Waals surface area contributed by atoms with Crippen molar-refractivity contribution in [2.45, 2.75) is 57.8 Å². The fourth-order valence-electron chi connectivity index (χ4n) is 0.739. The van der Waals surface area contributed by atoms with Crippen LogP contribution in [0.4, 0.5) is 0 Å². The van der Waals surface area contributed by atoms with E-state index in [1.54, 1.807) is 12.2 Å². The summed E-state index contributed by atoms with van der Waals surface area (Å²) in [6, 6.07) is 0. The van der Waals surface area contributed by atoms with Crippen molar-refractivity contribution in [3.05, 3.63) is 25.3 Å². The maximum absolute atomic E-state index is 8.74. The van der Waals surface area contributed by atoms with Gasteiger partial charge in [-0.15, -0.1) is 13.2 Å². The fourth-order valence-corrected chi connectivity index (χ4v) is 0.739. The van der Waals surface area contributed by atoms with Crippen molar-refractivity contribution in [3.8, 4) is 0 Å². The summed E-state index contributed by atoms with van der Waals surface area (Å²) in [4.78, 5) is 0. The number of hydrogen-bond donors (Lipinski definition) is 11. The molecule has 0 fully saturated rings. The summed E-state index contributed by atoms with van der Waals surface area (Å²) in [5.41, 5.74) is 3.94. The summed E-state index contributed by atoms with van der Waals surface area (Å²) < 4.78 is 0. The number of unbranched alkanes of at least 4 members (excludes halogenated alkanes) is 1. The zero-order valence-electron chi connectivity index (χ0n) is 20.1. The normalized spacial score (nSPS) is 10.1. The van der Waals surface area contributed by atoms with Gasteiger partial charge in [-0.25, -0.2) is 0 Å². The molecule has 0 aromatic heterocycles. The van der Waals surface area contributed by atoms with E-state index in [2.05, 4.69) is 20.1 Å². The zero-order valence-corrected chi connectivity index (χ0v) is 20.1. The minimum atomic E-state index is -1.21. The van der Waals surface area contributed by atoms with E-state index >= 15 is 0 Å². The van der Waals surface area contributed by atoms with Crippen molar-refractivity contribution >= 4 is 0 Å².